The summed E-state index contributed by atoms with van der Waals surface area (Å²) in [5.41, 5.74) is 1.50. The molecule has 0 spiro atoms. The second kappa shape index (κ2) is 5.20. The largest absolute Gasteiger partial charge is 0.387 e. The third kappa shape index (κ3) is 2.05. The minimum Gasteiger partial charge on any atom is -0.387 e. The number of hydrogen-bond donors (Lipinski definition) is 1. The molecule has 1 aromatic carbocycles. The number of aliphatic hydroxyl groups excluding tert-OH is 1. The van der Waals surface area contributed by atoms with Crippen molar-refractivity contribution in [1.29, 1.82) is 5.26 Å². The summed E-state index contributed by atoms with van der Waals surface area (Å²) in [6.07, 6.45) is 0.728. The van der Waals surface area contributed by atoms with Gasteiger partial charge in [0.05, 0.1) is 29.0 Å². The van der Waals surface area contributed by atoms with Crippen molar-refractivity contribution < 1.29 is 9.90 Å². The summed E-state index contributed by atoms with van der Waals surface area (Å²) in [6.45, 7) is 3.94. The second-order valence-electron chi connectivity index (χ2n) is 6.82. The lowest BCUT2D eigenvalue weighted by Gasteiger charge is -2.45. The van der Waals surface area contributed by atoms with Gasteiger partial charge in [-0.2, -0.15) is 5.26 Å². The average Bonchev–Trinajstić information content (AvgIpc) is 2.81. The fourth-order valence-electron chi connectivity index (χ4n) is 3.59. The molecule has 0 radical (unpaired) electrons. The highest BCUT2D eigenvalue weighted by atomic mass is 32.2. The van der Waals surface area contributed by atoms with Crippen LogP contribution in [0.4, 0.5) is 0 Å². The van der Waals surface area contributed by atoms with Crippen molar-refractivity contribution in [3.8, 4) is 6.07 Å². The molecule has 6 heteroatoms. The average molecular weight is 339 g/mol. The quantitative estimate of drug-likeness (QED) is 0.851. The van der Waals surface area contributed by atoms with Gasteiger partial charge >= 0.3 is 0 Å². The number of carbonyl (C=O) groups is 1. The predicted octanol–water partition coefficient (Wildman–Crippen LogP) is 2.47. The van der Waals surface area contributed by atoms with Crippen molar-refractivity contribution in [2.45, 2.75) is 36.1 Å². The first-order valence-corrected chi connectivity index (χ1v) is 8.74. The maximum atomic E-state index is 12.6. The smallest absolute Gasteiger partial charge is 0.233 e. The number of hydrogen-bond acceptors (Lipinski definition) is 5. The van der Waals surface area contributed by atoms with Gasteiger partial charge in [0.25, 0.3) is 0 Å². The molecule has 2 fully saturated rings. The highest BCUT2D eigenvalue weighted by Gasteiger charge is 2.63. The lowest BCUT2D eigenvalue weighted by atomic mass is 9.85. The van der Waals surface area contributed by atoms with Crippen molar-refractivity contribution >= 4 is 28.6 Å². The number of fused-ring (bicyclic) bond motifs is 2. The lowest BCUT2D eigenvalue weighted by Crippen LogP contribution is -2.61. The third-order valence-electron chi connectivity index (χ3n) is 4.90. The number of amides is 1. The van der Waals surface area contributed by atoms with E-state index in [9.17, 15) is 15.2 Å². The molecule has 2 saturated heterocycles. The zero-order chi connectivity index (χ0) is 17.1. The van der Waals surface area contributed by atoms with E-state index in [1.807, 2.05) is 44.2 Å². The van der Waals surface area contributed by atoms with Crippen molar-refractivity contribution in [3.63, 3.8) is 0 Å². The van der Waals surface area contributed by atoms with Gasteiger partial charge in [-0.15, -0.1) is 11.8 Å². The fourth-order valence-corrected chi connectivity index (χ4v) is 5.26. The molecule has 24 heavy (non-hydrogen) atoms. The van der Waals surface area contributed by atoms with Gasteiger partial charge < -0.3 is 10.0 Å². The van der Waals surface area contributed by atoms with Gasteiger partial charge in [-0.1, -0.05) is 18.2 Å². The molecule has 4 rings (SSSR count). The van der Waals surface area contributed by atoms with E-state index in [0.29, 0.717) is 5.56 Å². The summed E-state index contributed by atoms with van der Waals surface area (Å²) in [6, 6.07) is 11.4. The third-order valence-corrected chi connectivity index (χ3v) is 6.49. The summed E-state index contributed by atoms with van der Waals surface area (Å²) in [5, 5.41) is 20.9. The lowest BCUT2D eigenvalue weighted by molar-refractivity contribution is -0.159. The molecule has 1 unspecified atom stereocenters. The van der Waals surface area contributed by atoms with Crippen molar-refractivity contribution in [2.75, 3.05) is 0 Å². The molecule has 1 amide bonds. The number of aromatic nitrogens is 1. The maximum Gasteiger partial charge on any atom is 0.233 e. The van der Waals surface area contributed by atoms with E-state index in [4.69, 9.17) is 0 Å². The van der Waals surface area contributed by atoms with Crippen LogP contribution in [0.25, 0.3) is 10.9 Å². The molecule has 0 saturated carbocycles. The van der Waals surface area contributed by atoms with Crippen LogP contribution in [-0.4, -0.2) is 37.1 Å². The number of aliphatic hydroxyl groups is 1. The molecule has 1 N–H and O–H groups in total. The van der Waals surface area contributed by atoms with Gasteiger partial charge in [-0.05, 0) is 26.0 Å². The van der Waals surface area contributed by atoms with E-state index >= 15 is 0 Å². The van der Waals surface area contributed by atoms with Crippen LogP contribution < -0.4 is 0 Å². The van der Waals surface area contributed by atoms with Gasteiger partial charge in [0, 0.05) is 21.9 Å². The van der Waals surface area contributed by atoms with Crippen LogP contribution in [0.1, 0.15) is 25.5 Å². The zero-order valence-corrected chi connectivity index (χ0v) is 14.2. The Labute approximate surface area is 144 Å². The molecule has 0 bridgehead atoms. The number of benzene rings is 1. The Bertz CT molecular complexity index is 876. The molecule has 2 aromatic rings. The van der Waals surface area contributed by atoms with Gasteiger partial charge in [0.1, 0.15) is 6.04 Å². The standard InChI is InChI=1S/C18H17N3O2S/c1-18(2)13(8-19)21-16(23)14(17(21)24-18)15(22)11-7-10-5-3-4-6-12(10)20-9-11/h3-7,9,13-15,17,22H,1-2H3/t13-,14-,15?,17+/m0/s1. The van der Waals surface area contributed by atoms with E-state index in [-0.39, 0.29) is 16.0 Å². The molecule has 5 nitrogen and oxygen atoms in total. The highest BCUT2D eigenvalue weighted by molar-refractivity contribution is 8.01. The molecule has 2 aliphatic rings. The maximum absolute atomic E-state index is 12.6. The molecule has 4 atom stereocenters. The number of pyridine rings is 1. The Morgan fingerprint density at radius 2 is 2.17 bits per heavy atom. The molecule has 3 heterocycles. The van der Waals surface area contributed by atoms with E-state index in [0.717, 1.165) is 10.9 Å². The van der Waals surface area contributed by atoms with Gasteiger partial charge in [-0.25, -0.2) is 0 Å². The van der Waals surface area contributed by atoms with Crippen LogP contribution in [0, 0.1) is 17.2 Å². The van der Waals surface area contributed by atoms with E-state index in [1.54, 1.807) is 22.9 Å². The molecule has 2 aliphatic heterocycles. The molecule has 122 valence electrons. The zero-order valence-electron chi connectivity index (χ0n) is 13.4. The Morgan fingerprint density at radius 1 is 1.42 bits per heavy atom. The number of thioether (sulfide) groups is 1. The first-order chi connectivity index (χ1) is 11.4. The summed E-state index contributed by atoms with van der Waals surface area (Å²) in [5.74, 6) is -0.666. The van der Waals surface area contributed by atoms with Gasteiger partial charge in [0.15, 0.2) is 0 Å². The number of β-lactam (4-membered cyclic amide) rings is 1. The Balaban J connectivity index is 1.65. The van der Waals surface area contributed by atoms with Gasteiger partial charge in [0.2, 0.25) is 5.91 Å². The highest BCUT2D eigenvalue weighted by Crippen LogP contribution is 2.55. The van der Waals surface area contributed by atoms with Gasteiger partial charge in [-0.3, -0.25) is 9.78 Å². The Hall–Kier alpha value is -2.10. The Morgan fingerprint density at radius 3 is 2.92 bits per heavy atom. The number of rotatable bonds is 2. The first kappa shape index (κ1) is 15.4. The normalized spacial score (nSPS) is 29.0. The van der Waals surface area contributed by atoms with Crippen LogP contribution in [0.3, 0.4) is 0 Å². The fraction of sp³-hybridized carbons (Fsp3) is 0.389. The second-order valence-corrected chi connectivity index (χ2v) is 8.59. The summed E-state index contributed by atoms with van der Waals surface area (Å²) in [7, 11) is 0. The Kier molecular flexibility index (Phi) is 3.34. The van der Waals surface area contributed by atoms with Crippen LogP contribution in [0.15, 0.2) is 36.5 Å². The molecule has 1 aromatic heterocycles. The number of carbonyl (C=O) groups excluding carboxylic acids is 1. The minimum atomic E-state index is -0.906. The summed E-state index contributed by atoms with van der Waals surface area (Å²) < 4.78 is -0.328. The number of nitriles is 1. The van der Waals surface area contributed by atoms with Crippen LogP contribution in [-0.2, 0) is 4.79 Å². The van der Waals surface area contributed by atoms with E-state index < -0.39 is 18.1 Å². The number of nitrogens with zero attached hydrogens (tertiary/aromatic N) is 3. The van der Waals surface area contributed by atoms with E-state index in [1.165, 1.54) is 0 Å². The molecule has 0 aliphatic carbocycles. The number of para-hydroxylation sites is 1. The summed E-state index contributed by atoms with van der Waals surface area (Å²) >= 11 is 1.59. The molecular formula is C18H17N3O2S. The first-order valence-electron chi connectivity index (χ1n) is 7.86. The minimum absolute atomic E-state index is 0.148. The van der Waals surface area contributed by atoms with Crippen LogP contribution in [0.5, 0.6) is 0 Å². The molecular weight excluding hydrogens is 322 g/mol. The SMILES string of the molecule is CC1(C)S[C@@H]2[C@@H](C(O)c3cnc4ccccc4c3)C(=O)N2[C@H]1C#N. The van der Waals surface area contributed by atoms with Crippen molar-refractivity contribution in [3.05, 3.63) is 42.1 Å². The topological polar surface area (TPSA) is 77.2 Å². The predicted molar refractivity (Wildman–Crippen MR) is 91.9 cm³/mol. The van der Waals surface area contributed by atoms with Crippen LogP contribution >= 0.6 is 11.8 Å². The summed E-state index contributed by atoms with van der Waals surface area (Å²) in [4.78, 5) is 18.5. The van der Waals surface area contributed by atoms with Crippen LogP contribution in [0.2, 0.25) is 0 Å². The van der Waals surface area contributed by atoms with Crippen molar-refractivity contribution in [2.24, 2.45) is 5.92 Å². The van der Waals surface area contributed by atoms with E-state index in [2.05, 4.69) is 11.1 Å². The monoisotopic (exact) mass is 339 g/mol. The van der Waals surface area contributed by atoms with Crippen molar-refractivity contribution in [1.82, 2.24) is 9.88 Å².